The van der Waals surface area contributed by atoms with Gasteiger partial charge in [-0.05, 0) is 12.1 Å². The van der Waals surface area contributed by atoms with Gasteiger partial charge in [0.15, 0.2) is 0 Å². The molecule has 0 bridgehead atoms. The first-order valence-electron chi connectivity index (χ1n) is 8.85. The van der Waals surface area contributed by atoms with Crippen LogP contribution in [0.4, 0.5) is 0 Å². The first-order chi connectivity index (χ1) is 12.6. The predicted octanol–water partition coefficient (Wildman–Crippen LogP) is -0.139. The molecule has 3 rings (SSSR count). The summed E-state index contributed by atoms with van der Waals surface area (Å²) in [4.78, 5) is 46.3. The highest BCUT2D eigenvalue weighted by atomic mass is 16.5. The van der Waals surface area contributed by atoms with Gasteiger partial charge in [0, 0.05) is 70.8 Å². The molecule has 2 aliphatic heterocycles. The highest BCUT2D eigenvalue weighted by Gasteiger charge is 2.37. The first-order valence-corrected chi connectivity index (χ1v) is 8.85. The Morgan fingerprint density at radius 1 is 1.15 bits per heavy atom. The van der Waals surface area contributed by atoms with Crippen molar-refractivity contribution in [1.29, 1.82) is 0 Å². The van der Waals surface area contributed by atoms with Gasteiger partial charge in [0.2, 0.25) is 11.8 Å². The maximum Gasteiger partial charge on any atom is 0.254 e. The number of methoxy groups -OCH3 is 1. The van der Waals surface area contributed by atoms with Crippen LogP contribution >= 0.6 is 0 Å². The minimum absolute atomic E-state index is 0.00639. The van der Waals surface area contributed by atoms with Crippen molar-refractivity contribution in [2.45, 2.75) is 6.42 Å². The molecule has 8 nitrogen and oxygen atoms in total. The Balaban J connectivity index is 1.51. The van der Waals surface area contributed by atoms with Crippen molar-refractivity contribution in [3.8, 4) is 0 Å². The molecule has 1 aromatic heterocycles. The fourth-order valence-electron chi connectivity index (χ4n) is 3.42. The Morgan fingerprint density at radius 3 is 2.46 bits per heavy atom. The Bertz CT molecular complexity index is 658. The number of carbonyl (C=O) groups is 3. The van der Waals surface area contributed by atoms with Crippen molar-refractivity contribution in [2.24, 2.45) is 5.92 Å². The molecule has 26 heavy (non-hydrogen) atoms. The van der Waals surface area contributed by atoms with Gasteiger partial charge in [0.1, 0.15) is 0 Å². The second-order valence-electron chi connectivity index (χ2n) is 6.59. The summed E-state index contributed by atoms with van der Waals surface area (Å²) in [6, 6.07) is 3.39. The largest absolute Gasteiger partial charge is 0.383 e. The van der Waals surface area contributed by atoms with E-state index >= 15 is 0 Å². The highest BCUT2D eigenvalue weighted by molar-refractivity contribution is 5.94. The molecule has 1 unspecified atom stereocenters. The Labute approximate surface area is 152 Å². The number of pyridine rings is 1. The standard InChI is InChI=1S/C18H24N4O4/c1-26-11-10-22-13-15(12-16(22)23)18(25)21-8-6-20(7-9-21)17(24)14-2-4-19-5-3-14/h2-5,15H,6-13H2,1H3. The average Bonchev–Trinajstić information content (AvgIpc) is 3.06. The second-order valence-corrected chi connectivity index (χ2v) is 6.59. The third-order valence-electron chi connectivity index (χ3n) is 4.93. The fourth-order valence-corrected chi connectivity index (χ4v) is 3.42. The van der Waals surface area contributed by atoms with Crippen LogP contribution in [0.1, 0.15) is 16.8 Å². The maximum atomic E-state index is 12.7. The van der Waals surface area contributed by atoms with Crippen molar-refractivity contribution in [1.82, 2.24) is 19.7 Å². The Hall–Kier alpha value is -2.48. The van der Waals surface area contributed by atoms with E-state index in [-0.39, 0.29) is 30.1 Å². The van der Waals surface area contributed by atoms with Gasteiger partial charge in [0.05, 0.1) is 12.5 Å². The van der Waals surface area contributed by atoms with E-state index in [0.717, 1.165) is 0 Å². The van der Waals surface area contributed by atoms with Crippen molar-refractivity contribution in [3.05, 3.63) is 30.1 Å². The SMILES string of the molecule is COCCN1CC(C(=O)N2CCN(C(=O)c3ccncc3)CC2)CC1=O. The topological polar surface area (TPSA) is 83.1 Å². The summed E-state index contributed by atoms with van der Waals surface area (Å²) in [5.41, 5.74) is 0.606. The molecule has 0 spiro atoms. The zero-order chi connectivity index (χ0) is 18.5. The van der Waals surface area contributed by atoms with Crippen LogP contribution in [0.3, 0.4) is 0 Å². The van der Waals surface area contributed by atoms with Crippen LogP contribution in [0.25, 0.3) is 0 Å². The quantitative estimate of drug-likeness (QED) is 0.730. The molecule has 1 atom stereocenters. The maximum absolute atomic E-state index is 12.7. The lowest BCUT2D eigenvalue weighted by atomic mass is 10.1. The fraction of sp³-hybridized carbons (Fsp3) is 0.556. The van der Waals surface area contributed by atoms with Crippen LogP contribution in [0, 0.1) is 5.92 Å². The van der Waals surface area contributed by atoms with Crippen LogP contribution < -0.4 is 0 Å². The molecule has 3 heterocycles. The number of rotatable bonds is 5. The molecule has 3 amide bonds. The number of likely N-dealkylation sites (tertiary alicyclic amines) is 1. The zero-order valence-corrected chi connectivity index (χ0v) is 15.0. The number of hydrogen-bond donors (Lipinski definition) is 0. The number of hydrogen-bond acceptors (Lipinski definition) is 5. The zero-order valence-electron chi connectivity index (χ0n) is 15.0. The molecule has 140 valence electrons. The summed E-state index contributed by atoms with van der Waals surface area (Å²) < 4.78 is 5.00. The van der Waals surface area contributed by atoms with Gasteiger partial charge < -0.3 is 19.4 Å². The van der Waals surface area contributed by atoms with Crippen LogP contribution in [-0.4, -0.2) is 90.4 Å². The summed E-state index contributed by atoms with van der Waals surface area (Å²) in [6.07, 6.45) is 3.46. The van der Waals surface area contributed by atoms with Crippen molar-refractivity contribution < 1.29 is 19.1 Å². The van der Waals surface area contributed by atoms with Crippen molar-refractivity contribution in [2.75, 3.05) is 53.0 Å². The lowest BCUT2D eigenvalue weighted by molar-refractivity contribution is -0.137. The lowest BCUT2D eigenvalue weighted by Crippen LogP contribution is -2.52. The van der Waals surface area contributed by atoms with E-state index in [2.05, 4.69) is 4.98 Å². The van der Waals surface area contributed by atoms with E-state index in [1.807, 2.05) is 0 Å². The minimum Gasteiger partial charge on any atom is -0.383 e. The van der Waals surface area contributed by atoms with Gasteiger partial charge in [-0.2, -0.15) is 0 Å². The smallest absolute Gasteiger partial charge is 0.254 e. The Morgan fingerprint density at radius 2 is 1.81 bits per heavy atom. The van der Waals surface area contributed by atoms with Gasteiger partial charge in [-0.1, -0.05) is 0 Å². The van der Waals surface area contributed by atoms with Gasteiger partial charge in [-0.15, -0.1) is 0 Å². The molecule has 0 N–H and O–H groups in total. The molecule has 8 heteroatoms. The predicted molar refractivity (Wildman–Crippen MR) is 93.3 cm³/mol. The van der Waals surface area contributed by atoms with E-state index in [0.29, 0.717) is 51.4 Å². The highest BCUT2D eigenvalue weighted by Crippen LogP contribution is 2.21. The van der Waals surface area contributed by atoms with Crippen LogP contribution in [-0.2, 0) is 14.3 Å². The van der Waals surface area contributed by atoms with Crippen LogP contribution in [0.15, 0.2) is 24.5 Å². The molecule has 0 aliphatic carbocycles. The third-order valence-corrected chi connectivity index (χ3v) is 4.93. The van der Waals surface area contributed by atoms with Crippen LogP contribution in [0.2, 0.25) is 0 Å². The normalized spacial score (nSPS) is 20.6. The van der Waals surface area contributed by atoms with E-state index in [9.17, 15) is 14.4 Å². The number of aromatic nitrogens is 1. The summed E-state index contributed by atoms with van der Waals surface area (Å²) in [7, 11) is 1.59. The number of amides is 3. The monoisotopic (exact) mass is 360 g/mol. The third kappa shape index (κ3) is 4.01. The van der Waals surface area contributed by atoms with Crippen molar-refractivity contribution >= 4 is 17.7 Å². The Kier molecular flexibility index (Phi) is 5.82. The van der Waals surface area contributed by atoms with Gasteiger partial charge in [-0.25, -0.2) is 0 Å². The second kappa shape index (κ2) is 8.27. The molecule has 2 aliphatic rings. The van der Waals surface area contributed by atoms with Gasteiger partial charge in [0.25, 0.3) is 5.91 Å². The molecule has 0 radical (unpaired) electrons. The van der Waals surface area contributed by atoms with Gasteiger partial charge >= 0.3 is 0 Å². The molecule has 0 saturated carbocycles. The molecule has 2 fully saturated rings. The summed E-state index contributed by atoms with van der Waals surface area (Å²) in [6.45, 7) is 3.45. The summed E-state index contributed by atoms with van der Waals surface area (Å²) in [5, 5.41) is 0. The molecular formula is C18H24N4O4. The van der Waals surface area contributed by atoms with Crippen LogP contribution in [0.5, 0.6) is 0 Å². The lowest BCUT2D eigenvalue weighted by Gasteiger charge is -2.36. The number of nitrogens with zero attached hydrogens (tertiary/aromatic N) is 4. The minimum atomic E-state index is -0.290. The van der Waals surface area contributed by atoms with Crippen molar-refractivity contribution in [3.63, 3.8) is 0 Å². The molecular weight excluding hydrogens is 336 g/mol. The van der Waals surface area contributed by atoms with E-state index in [4.69, 9.17) is 4.74 Å². The van der Waals surface area contributed by atoms with E-state index in [1.165, 1.54) is 0 Å². The first kappa shape index (κ1) is 18.3. The molecule has 2 saturated heterocycles. The molecule has 1 aromatic rings. The summed E-state index contributed by atoms with van der Waals surface area (Å²) >= 11 is 0. The van der Waals surface area contributed by atoms with E-state index < -0.39 is 0 Å². The number of ether oxygens (including phenoxy) is 1. The number of carbonyl (C=O) groups excluding carboxylic acids is 3. The number of piperazine rings is 1. The average molecular weight is 360 g/mol. The molecule has 0 aromatic carbocycles. The van der Waals surface area contributed by atoms with Gasteiger partial charge in [-0.3, -0.25) is 19.4 Å². The summed E-state index contributed by atoms with van der Waals surface area (Å²) in [5.74, 6) is -0.315. The van der Waals surface area contributed by atoms with E-state index in [1.54, 1.807) is 46.3 Å².